The summed E-state index contributed by atoms with van der Waals surface area (Å²) in [5.74, 6) is -0.968. The molecule has 0 aliphatic carbocycles. The van der Waals surface area contributed by atoms with E-state index in [9.17, 15) is 19.5 Å². The quantitative estimate of drug-likeness (QED) is 0.309. The minimum absolute atomic E-state index is 0.114. The zero-order valence-corrected chi connectivity index (χ0v) is 23.7. The molecule has 3 rings (SSSR count). The number of aromatic nitrogens is 2. The lowest BCUT2D eigenvalue weighted by molar-refractivity contribution is -0.201. The lowest BCUT2D eigenvalue weighted by Crippen LogP contribution is -2.57. The fourth-order valence-electron chi connectivity index (χ4n) is 4.67. The Morgan fingerprint density at radius 1 is 1.15 bits per heavy atom. The first-order chi connectivity index (χ1) is 18.7. The molecule has 0 spiro atoms. The van der Waals surface area contributed by atoms with Gasteiger partial charge in [0.25, 0.3) is 5.91 Å². The predicted molar refractivity (Wildman–Crippen MR) is 149 cm³/mol. The second kappa shape index (κ2) is 14.9. The molecule has 1 fully saturated rings. The van der Waals surface area contributed by atoms with Gasteiger partial charge in [0, 0.05) is 19.4 Å². The average molecular weight is 545 g/mol. The van der Waals surface area contributed by atoms with Crippen LogP contribution in [0.1, 0.15) is 83.9 Å². The lowest BCUT2D eigenvalue weighted by Gasteiger charge is -2.32. The van der Waals surface area contributed by atoms with Gasteiger partial charge in [-0.3, -0.25) is 9.59 Å². The van der Waals surface area contributed by atoms with Gasteiger partial charge >= 0.3 is 5.69 Å². The summed E-state index contributed by atoms with van der Waals surface area (Å²) in [5, 5.41) is 12.2. The number of benzene rings is 1. The van der Waals surface area contributed by atoms with Crippen molar-refractivity contribution in [3.63, 3.8) is 0 Å². The predicted octanol–water partition coefficient (Wildman–Crippen LogP) is 3.95. The van der Waals surface area contributed by atoms with Gasteiger partial charge in [-0.2, -0.15) is 4.68 Å². The monoisotopic (exact) mass is 544 g/mol. The number of nitrogens with one attached hydrogen (secondary N) is 2. The number of hydrogen-bond donors (Lipinski definition) is 3. The standard InChI is InChI=1S/C29H44N4O6/c1-20(2)16-17-25(34)32(33-28(36)23(19-21(3)4)30-29(33)37)24(14-10-13-22-11-6-5-7-12-22)27(35)31-39-26-15-8-9-18-38-26/h5-7,11-12,20-21,24,26,36H,8-10,13-19H2,1-4H3,(H,30,37)(H,31,35)/t24-,26+/m0/s1. The smallest absolute Gasteiger partial charge is 0.348 e. The van der Waals surface area contributed by atoms with Crippen LogP contribution < -0.4 is 16.2 Å². The van der Waals surface area contributed by atoms with Crippen LogP contribution in [0, 0.1) is 11.8 Å². The highest BCUT2D eigenvalue weighted by Crippen LogP contribution is 2.22. The Bertz CT molecular complexity index is 1100. The van der Waals surface area contributed by atoms with Crippen molar-refractivity contribution in [1.82, 2.24) is 15.1 Å². The van der Waals surface area contributed by atoms with Crippen molar-refractivity contribution in [2.75, 3.05) is 11.6 Å². The number of rotatable bonds is 14. The molecule has 1 aliphatic rings. The SMILES string of the molecule is CC(C)CCC(=O)N([C@@H](CCCc1ccccc1)C(=O)NO[C@@H]1CCCCO1)n1c(O)c(CC(C)C)[nH]c1=O. The Hall–Kier alpha value is -3.11. The summed E-state index contributed by atoms with van der Waals surface area (Å²) in [6.07, 6.45) is 4.52. The molecule has 2 aromatic rings. The van der Waals surface area contributed by atoms with Crippen molar-refractivity contribution in [3.05, 3.63) is 52.1 Å². The third kappa shape index (κ3) is 8.96. The van der Waals surface area contributed by atoms with Crippen LogP contribution in [0.5, 0.6) is 5.88 Å². The first-order valence-electron chi connectivity index (χ1n) is 14.1. The Balaban J connectivity index is 1.93. The summed E-state index contributed by atoms with van der Waals surface area (Å²) in [7, 11) is 0. The molecule has 1 aromatic heterocycles. The van der Waals surface area contributed by atoms with Gasteiger partial charge in [-0.25, -0.2) is 20.1 Å². The van der Waals surface area contributed by atoms with E-state index in [0.29, 0.717) is 44.4 Å². The summed E-state index contributed by atoms with van der Waals surface area (Å²) in [6, 6.07) is 8.76. The zero-order valence-electron chi connectivity index (χ0n) is 23.7. The molecule has 0 radical (unpaired) electrons. The van der Waals surface area contributed by atoms with Crippen LogP contribution in [0.25, 0.3) is 0 Å². The summed E-state index contributed by atoms with van der Waals surface area (Å²) in [6.45, 7) is 8.48. The van der Waals surface area contributed by atoms with Gasteiger partial charge in [0.2, 0.25) is 11.8 Å². The number of ether oxygens (including phenoxy) is 1. The number of nitrogens with zero attached hydrogens (tertiary/aromatic N) is 2. The Labute approximate surface area is 230 Å². The maximum absolute atomic E-state index is 13.7. The van der Waals surface area contributed by atoms with Crippen LogP contribution in [-0.4, -0.2) is 45.5 Å². The summed E-state index contributed by atoms with van der Waals surface area (Å²) >= 11 is 0. The van der Waals surface area contributed by atoms with E-state index < -0.39 is 29.8 Å². The fourth-order valence-corrected chi connectivity index (χ4v) is 4.67. The van der Waals surface area contributed by atoms with E-state index in [4.69, 9.17) is 9.57 Å². The largest absolute Gasteiger partial charge is 0.492 e. The summed E-state index contributed by atoms with van der Waals surface area (Å²) in [4.78, 5) is 48.6. The highest BCUT2D eigenvalue weighted by Gasteiger charge is 2.35. The number of aromatic amines is 1. The molecule has 3 N–H and O–H groups in total. The molecule has 10 nitrogen and oxygen atoms in total. The molecule has 2 amide bonds. The van der Waals surface area contributed by atoms with E-state index >= 15 is 0 Å². The topological polar surface area (TPSA) is 126 Å². The minimum atomic E-state index is -1.09. The van der Waals surface area contributed by atoms with Crippen molar-refractivity contribution >= 4 is 11.8 Å². The van der Waals surface area contributed by atoms with Gasteiger partial charge in [-0.1, -0.05) is 58.0 Å². The van der Waals surface area contributed by atoms with E-state index in [0.717, 1.165) is 28.1 Å². The number of imidazole rings is 1. The highest BCUT2D eigenvalue weighted by atomic mass is 16.8. The first-order valence-corrected chi connectivity index (χ1v) is 14.1. The van der Waals surface area contributed by atoms with E-state index in [1.807, 2.05) is 58.0 Å². The van der Waals surface area contributed by atoms with Crippen LogP contribution in [-0.2, 0) is 32.0 Å². The van der Waals surface area contributed by atoms with Gasteiger partial charge in [-0.15, -0.1) is 0 Å². The van der Waals surface area contributed by atoms with Gasteiger partial charge in [0.15, 0.2) is 6.29 Å². The zero-order chi connectivity index (χ0) is 28.4. The Morgan fingerprint density at radius 2 is 1.90 bits per heavy atom. The molecule has 39 heavy (non-hydrogen) atoms. The molecule has 0 unspecified atom stereocenters. The lowest BCUT2D eigenvalue weighted by atomic mass is 10.0. The minimum Gasteiger partial charge on any atom is -0.492 e. The van der Waals surface area contributed by atoms with Gasteiger partial charge in [-0.05, 0) is 62.3 Å². The second-order valence-electron chi connectivity index (χ2n) is 11.1. The molecule has 1 aliphatic heterocycles. The molecule has 0 bridgehead atoms. The molecular weight excluding hydrogens is 500 g/mol. The van der Waals surface area contributed by atoms with Crippen molar-refractivity contribution in [2.24, 2.45) is 11.8 Å². The molecule has 0 saturated carbocycles. The second-order valence-corrected chi connectivity index (χ2v) is 11.1. The van der Waals surface area contributed by atoms with E-state index in [2.05, 4.69) is 10.5 Å². The molecule has 2 heterocycles. The molecule has 10 heteroatoms. The third-order valence-electron chi connectivity index (χ3n) is 6.75. The van der Waals surface area contributed by atoms with Crippen LogP contribution in [0.2, 0.25) is 0 Å². The number of aromatic hydroxyl groups is 1. The highest BCUT2D eigenvalue weighted by molar-refractivity contribution is 5.95. The third-order valence-corrected chi connectivity index (χ3v) is 6.75. The summed E-state index contributed by atoms with van der Waals surface area (Å²) < 4.78 is 6.49. The van der Waals surface area contributed by atoms with Gasteiger partial charge < -0.3 is 14.8 Å². The number of H-pyrrole nitrogens is 1. The van der Waals surface area contributed by atoms with Crippen LogP contribution in [0.3, 0.4) is 0 Å². The Kier molecular flexibility index (Phi) is 11.6. The summed E-state index contributed by atoms with van der Waals surface area (Å²) in [5.41, 5.74) is 3.24. The number of aryl methyl sites for hydroxylation is 1. The van der Waals surface area contributed by atoms with E-state index in [1.54, 1.807) is 0 Å². The molecular formula is C29H44N4O6. The van der Waals surface area contributed by atoms with Crippen molar-refractivity contribution in [3.8, 4) is 5.88 Å². The van der Waals surface area contributed by atoms with Crippen molar-refractivity contribution in [2.45, 2.75) is 97.8 Å². The van der Waals surface area contributed by atoms with Crippen molar-refractivity contribution in [1.29, 1.82) is 0 Å². The van der Waals surface area contributed by atoms with Crippen LogP contribution in [0.15, 0.2) is 35.1 Å². The van der Waals surface area contributed by atoms with Gasteiger partial charge in [0.1, 0.15) is 6.04 Å². The average Bonchev–Trinajstić information content (AvgIpc) is 3.18. The molecule has 2 atom stereocenters. The fraction of sp³-hybridized carbons (Fsp3) is 0.621. The molecule has 1 aromatic carbocycles. The molecule has 1 saturated heterocycles. The Morgan fingerprint density at radius 3 is 2.54 bits per heavy atom. The maximum Gasteiger partial charge on any atom is 0.348 e. The van der Waals surface area contributed by atoms with Crippen LogP contribution in [0.4, 0.5) is 0 Å². The van der Waals surface area contributed by atoms with E-state index in [1.165, 1.54) is 0 Å². The van der Waals surface area contributed by atoms with Crippen LogP contribution >= 0.6 is 0 Å². The first kappa shape index (κ1) is 30.4. The number of hydroxylamine groups is 1. The maximum atomic E-state index is 13.7. The number of hydrogen-bond acceptors (Lipinski definition) is 6. The number of amides is 2. The van der Waals surface area contributed by atoms with E-state index in [-0.39, 0.29) is 30.6 Å². The molecule has 216 valence electrons. The van der Waals surface area contributed by atoms with Gasteiger partial charge in [0.05, 0.1) is 5.69 Å². The number of carbonyl (C=O) groups is 2. The number of carbonyl (C=O) groups excluding carboxylic acids is 2. The van der Waals surface area contributed by atoms with Crippen molar-refractivity contribution < 1.29 is 24.3 Å². The normalized spacial score (nSPS) is 16.4.